The minimum absolute atomic E-state index is 0.0608. The van der Waals surface area contributed by atoms with Crippen LogP contribution in [0, 0.1) is 0 Å². The Morgan fingerprint density at radius 2 is 2.06 bits per heavy atom. The van der Waals surface area contributed by atoms with Crippen molar-refractivity contribution in [2.45, 2.75) is 25.9 Å². The van der Waals surface area contributed by atoms with Gasteiger partial charge in [0.05, 0.1) is 12.6 Å². The first-order valence-corrected chi connectivity index (χ1v) is 6.81. The normalized spacial score (nSPS) is 12.2. The molecule has 100 valence electrons. The lowest BCUT2D eigenvalue weighted by molar-refractivity contribution is -0.115. The van der Waals surface area contributed by atoms with Crippen molar-refractivity contribution in [2.75, 3.05) is 18.4 Å². The van der Waals surface area contributed by atoms with E-state index in [0.29, 0.717) is 0 Å². The van der Waals surface area contributed by atoms with Crippen LogP contribution in [0.1, 0.15) is 19.8 Å². The van der Waals surface area contributed by atoms with E-state index in [4.69, 9.17) is 5.11 Å². The Kier molecular flexibility index (Phi) is 6.93. The molecule has 3 N–H and O–H groups in total. The number of anilines is 1. The highest BCUT2D eigenvalue weighted by molar-refractivity contribution is 9.10. The fraction of sp³-hybridized carbons (Fsp3) is 0.462. The molecular weight excluding hydrogens is 296 g/mol. The van der Waals surface area contributed by atoms with Gasteiger partial charge in [-0.2, -0.15) is 0 Å². The molecule has 18 heavy (non-hydrogen) atoms. The van der Waals surface area contributed by atoms with Gasteiger partial charge in [-0.1, -0.05) is 15.9 Å². The molecular formula is C13H19BrN2O2. The number of nitrogens with one attached hydrogen (secondary N) is 2. The number of benzene rings is 1. The summed E-state index contributed by atoms with van der Waals surface area (Å²) >= 11 is 3.34. The van der Waals surface area contributed by atoms with Gasteiger partial charge in [0.2, 0.25) is 5.91 Å². The maximum atomic E-state index is 11.6. The Morgan fingerprint density at radius 1 is 1.39 bits per heavy atom. The van der Waals surface area contributed by atoms with Crippen LogP contribution >= 0.6 is 15.9 Å². The molecule has 0 aliphatic carbocycles. The lowest BCUT2D eigenvalue weighted by Gasteiger charge is -2.07. The van der Waals surface area contributed by atoms with E-state index in [1.54, 1.807) is 6.92 Å². The first-order valence-electron chi connectivity index (χ1n) is 6.02. The minimum atomic E-state index is -0.275. The van der Waals surface area contributed by atoms with Crippen molar-refractivity contribution >= 4 is 27.5 Å². The van der Waals surface area contributed by atoms with E-state index in [9.17, 15) is 4.79 Å². The van der Waals surface area contributed by atoms with Crippen molar-refractivity contribution in [3.63, 3.8) is 0 Å². The van der Waals surface area contributed by atoms with Gasteiger partial charge < -0.3 is 15.7 Å². The van der Waals surface area contributed by atoms with Crippen molar-refractivity contribution in [3.8, 4) is 0 Å². The predicted octanol–water partition coefficient (Wildman–Crippen LogP) is 2.14. The van der Waals surface area contributed by atoms with Crippen LogP contribution in [-0.2, 0) is 4.79 Å². The van der Waals surface area contributed by atoms with Gasteiger partial charge in [0, 0.05) is 10.2 Å². The average Bonchev–Trinajstić information content (AvgIpc) is 2.31. The summed E-state index contributed by atoms with van der Waals surface area (Å²) in [6, 6.07) is 7.45. The van der Waals surface area contributed by atoms with Crippen molar-refractivity contribution in [2.24, 2.45) is 0 Å². The lowest BCUT2D eigenvalue weighted by Crippen LogP contribution is -2.29. The molecule has 1 aromatic carbocycles. The topological polar surface area (TPSA) is 61.4 Å². The SMILES string of the molecule is CC(O)CCCNCC(=O)Nc1ccc(Br)cc1. The van der Waals surface area contributed by atoms with Crippen LogP contribution < -0.4 is 10.6 Å². The highest BCUT2D eigenvalue weighted by Gasteiger charge is 2.01. The van der Waals surface area contributed by atoms with Gasteiger partial charge in [-0.3, -0.25) is 4.79 Å². The summed E-state index contributed by atoms with van der Waals surface area (Å²) in [5, 5.41) is 14.9. The number of amides is 1. The maximum Gasteiger partial charge on any atom is 0.238 e. The van der Waals surface area contributed by atoms with Gasteiger partial charge in [0.25, 0.3) is 0 Å². The van der Waals surface area contributed by atoms with Crippen LogP contribution in [0.4, 0.5) is 5.69 Å². The molecule has 1 amide bonds. The van der Waals surface area contributed by atoms with E-state index in [-0.39, 0.29) is 18.6 Å². The average molecular weight is 315 g/mol. The van der Waals surface area contributed by atoms with Gasteiger partial charge >= 0.3 is 0 Å². The molecule has 0 aromatic heterocycles. The molecule has 0 saturated heterocycles. The van der Waals surface area contributed by atoms with Gasteiger partial charge in [0.15, 0.2) is 0 Å². The maximum absolute atomic E-state index is 11.6. The van der Waals surface area contributed by atoms with Crippen molar-refractivity contribution in [1.82, 2.24) is 5.32 Å². The highest BCUT2D eigenvalue weighted by Crippen LogP contribution is 2.13. The second-order valence-electron chi connectivity index (χ2n) is 4.22. The second kappa shape index (κ2) is 8.24. The molecule has 0 aliphatic rings. The van der Waals surface area contributed by atoms with E-state index in [2.05, 4.69) is 26.6 Å². The molecule has 1 unspecified atom stereocenters. The molecule has 0 aliphatic heterocycles. The van der Waals surface area contributed by atoms with Gasteiger partial charge in [-0.05, 0) is 50.6 Å². The standard InChI is InChI=1S/C13H19BrN2O2/c1-10(17)3-2-8-15-9-13(18)16-12-6-4-11(14)5-7-12/h4-7,10,15,17H,2-3,8-9H2,1H3,(H,16,18). The summed E-state index contributed by atoms with van der Waals surface area (Å²) < 4.78 is 0.983. The zero-order valence-corrected chi connectivity index (χ0v) is 12.0. The summed E-state index contributed by atoms with van der Waals surface area (Å²) in [5.74, 6) is -0.0608. The first kappa shape index (κ1) is 15.1. The summed E-state index contributed by atoms with van der Waals surface area (Å²) in [7, 11) is 0. The van der Waals surface area contributed by atoms with E-state index in [1.807, 2.05) is 24.3 Å². The molecule has 1 atom stereocenters. The Balaban J connectivity index is 2.16. The van der Waals surface area contributed by atoms with Crippen molar-refractivity contribution in [1.29, 1.82) is 0 Å². The third-order valence-electron chi connectivity index (χ3n) is 2.39. The van der Waals surface area contributed by atoms with Crippen molar-refractivity contribution < 1.29 is 9.90 Å². The largest absolute Gasteiger partial charge is 0.393 e. The molecule has 0 bridgehead atoms. The summed E-state index contributed by atoms with van der Waals surface area (Å²) in [4.78, 5) is 11.6. The number of aliphatic hydroxyl groups is 1. The lowest BCUT2D eigenvalue weighted by atomic mass is 10.2. The third-order valence-corrected chi connectivity index (χ3v) is 2.92. The van der Waals surface area contributed by atoms with Gasteiger partial charge in [0.1, 0.15) is 0 Å². The van der Waals surface area contributed by atoms with E-state index in [1.165, 1.54) is 0 Å². The zero-order valence-electron chi connectivity index (χ0n) is 10.4. The van der Waals surface area contributed by atoms with E-state index >= 15 is 0 Å². The van der Waals surface area contributed by atoms with Crippen LogP contribution in [0.15, 0.2) is 28.7 Å². The van der Waals surface area contributed by atoms with Crippen LogP contribution in [-0.4, -0.2) is 30.2 Å². The first-order chi connectivity index (χ1) is 8.58. The van der Waals surface area contributed by atoms with E-state index in [0.717, 1.165) is 29.5 Å². The minimum Gasteiger partial charge on any atom is -0.393 e. The fourth-order valence-electron chi connectivity index (χ4n) is 1.46. The number of hydrogen-bond donors (Lipinski definition) is 3. The highest BCUT2D eigenvalue weighted by atomic mass is 79.9. The summed E-state index contributed by atoms with van der Waals surface area (Å²) in [5.41, 5.74) is 0.786. The molecule has 0 radical (unpaired) electrons. The fourth-order valence-corrected chi connectivity index (χ4v) is 1.73. The molecule has 5 heteroatoms. The Labute approximate surface area is 116 Å². The number of carbonyl (C=O) groups excluding carboxylic acids is 1. The molecule has 1 rings (SSSR count). The number of hydrogen-bond acceptors (Lipinski definition) is 3. The van der Waals surface area contributed by atoms with Gasteiger partial charge in [-0.25, -0.2) is 0 Å². The summed E-state index contributed by atoms with van der Waals surface area (Å²) in [6.07, 6.45) is 1.34. The Hall–Kier alpha value is -0.910. The van der Waals surface area contributed by atoms with Crippen molar-refractivity contribution in [3.05, 3.63) is 28.7 Å². The molecule has 4 nitrogen and oxygen atoms in total. The van der Waals surface area contributed by atoms with Crippen LogP contribution in [0.3, 0.4) is 0 Å². The van der Waals surface area contributed by atoms with Crippen LogP contribution in [0.2, 0.25) is 0 Å². The number of rotatable bonds is 7. The molecule has 0 spiro atoms. The number of carbonyl (C=O) groups is 1. The van der Waals surface area contributed by atoms with Crippen LogP contribution in [0.25, 0.3) is 0 Å². The monoisotopic (exact) mass is 314 g/mol. The second-order valence-corrected chi connectivity index (χ2v) is 5.14. The van der Waals surface area contributed by atoms with Gasteiger partial charge in [-0.15, -0.1) is 0 Å². The smallest absolute Gasteiger partial charge is 0.238 e. The predicted molar refractivity (Wildman–Crippen MR) is 76.6 cm³/mol. The third kappa shape index (κ3) is 6.74. The number of halogens is 1. The molecule has 1 aromatic rings. The molecule has 0 fully saturated rings. The van der Waals surface area contributed by atoms with E-state index < -0.39 is 0 Å². The number of aliphatic hydroxyl groups excluding tert-OH is 1. The summed E-state index contributed by atoms with van der Waals surface area (Å²) in [6.45, 7) is 2.79. The zero-order chi connectivity index (χ0) is 13.4. The molecule has 0 saturated carbocycles. The quantitative estimate of drug-likeness (QED) is 0.676. The molecule has 0 heterocycles. The van der Waals surface area contributed by atoms with Crippen LogP contribution in [0.5, 0.6) is 0 Å². The Morgan fingerprint density at radius 3 is 2.67 bits per heavy atom. The Bertz CT molecular complexity index is 366.